The number of anilines is 1. The Morgan fingerprint density at radius 2 is 2.06 bits per heavy atom. The Balaban J connectivity index is 2.31. The number of nitrogens with zero attached hydrogens (tertiary/aromatic N) is 1. The molecular formula is C14H16N2O. The highest BCUT2D eigenvalue weighted by Gasteiger charge is 2.06. The molecule has 1 heterocycles. The summed E-state index contributed by atoms with van der Waals surface area (Å²) >= 11 is 0. The van der Waals surface area contributed by atoms with Crippen LogP contribution in [0.15, 0.2) is 36.5 Å². The lowest BCUT2D eigenvalue weighted by Gasteiger charge is -2.10. The average molecular weight is 228 g/mol. The van der Waals surface area contributed by atoms with E-state index < -0.39 is 0 Å². The summed E-state index contributed by atoms with van der Waals surface area (Å²) in [6.45, 7) is 4.04. The van der Waals surface area contributed by atoms with Crippen LogP contribution in [0.1, 0.15) is 18.1 Å². The standard InChI is InChI=1S/C14H16N2O/c1-3-11-6-4-5-7-13(11)17-14-12(15)8-10(2)9-16-14/h4-9H,3,15H2,1-2H3. The van der Waals surface area contributed by atoms with E-state index in [4.69, 9.17) is 10.5 Å². The van der Waals surface area contributed by atoms with E-state index >= 15 is 0 Å². The molecule has 3 nitrogen and oxygen atoms in total. The second kappa shape index (κ2) is 4.87. The van der Waals surface area contributed by atoms with Crippen LogP contribution in [0.4, 0.5) is 5.69 Å². The van der Waals surface area contributed by atoms with E-state index in [2.05, 4.69) is 11.9 Å². The van der Waals surface area contributed by atoms with Gasteiger partial charge in [-0.3, -0.25) is 0 Å². The molecule has 0 unspecified atom stereocenters. The summed E-state index contributed by atoms with van der Waals surface area (Å²) in [4.78, 5) is 4.20. The predicted molar refractivity (Wildman–Crippen MR) is 69.3 cm³/mol. The first-order chi connectivity index (χ1) is 8.20. The van der Waals surface area contributed by atoms with Crippen LogP contribution in [0.2, 0.25) is 0 Å². The van der Waals surface area contributed by atoms with Crippen molar-refractivity contribution in [1.29, 1.82) is 0 Å². The Bertz CT molecular complexity index is 523. The molecule has 0 bridgehead atoms. The van der Waals surface area contributed by atoms with Crippen molar-refractivity contribution in [3.63, 3.8) is 0 Å². The Morgan fingerprint density at radius 1 is 1.29 bits per heavy atom. The maximum Gasteiger partial charge on any atom is 0.242 e. The second-order valence-corrected chi connectivity index (χ2v) is 3.97. The number of aromatic nitrogens is 1. The first-order valence-electron chi connectivity index (χ1n) is 5.68. The summed E-state index contributed by atoms with van der Waals surface area (Å²) in [5.41, 5.74) is 8.61. The van der Waals surface area contributed by atoms with Gasteiger partial charge in [0.05, 0.1) is 5.69 Å². The molecule has 0 atom stereocenters. The molecule has 0 aliphatic carbocycles. The smallest absolute Gasteiger partial charge is 0.242 e. The molecule has 3 heteroatoms. The molecule has 2 N–H and O–H groups in total. The number of rotatable bonds is 3. The Morgan fingerprint density at radius 3 is 2.76 bits per heavy atom. The Kier molecular flexibility index (Phi) is 3.28. The van der Waals surface area contributed by atoms with Gasteiger partial charge in [-0.05, 0) is 36.6 Å². The largest absolute Gasteiger partial charge is 0.437 e. The number of aryl methyl sites for hydroxylation is 2. The van der Waals surface area contributed by atoms with E-state index in [1.54, 1.807) is 6.20 Å². The summed E-state index contributed by atoms with van der Waals surface area (Å²) in [5, 5.41) is 0. The molecular weight excluding hydrogens is 212 g/mol. The van der Waals surface area contributed by atoms with Crippen LogP contribution in [0.25, 0.3) is 0 Å². The molecule has 1 aromatic heterocycles. The van der Waals surface area contributed by atoms with Gasteiger partial charge in [-0.1, -0.05) is 25.1 Å². The van der Waals surface area contributed by atoms with Crippen molar-refractivity contribution in [3.05, 3.63) is 47.7 Å². The summed E-state index contributed by atoms with van der Waals surface area (Å²) in [6, 6.07) is 9.77. The molecule has 2 aromatic rings. The third-order valence-electron chi connectivity index (χ3n) is 2.58. The van der Waals surface area contributed by atoms with Crippen molar-refractivity contribution < 1.29 is 4.74 Å². The van der Waals surface area contributed by atoms with Crippen LogP contribution < -0.4 is 10.5 Å². The fourth-order valence-electron chi connectivity index (χ4n) is 1.66. The van der Waals surface area contributed by atoms with E-state index in [0.717, 1.165) is 23.3 Å². The Labute approximate surface area is 101 Å². The number of nitrogen functional groups attached to an aromatic ring is 1. The molecule has 0 saturated heterocycles. The predicted octanol–water partition coefficient (Wildman–Crippen LogP) is 3.33. The number of hydrogen-bond acceptors (Lipinski definition) is 3. The minimum atomic E-state index is 0.469. The summed E-state index contributed by atoms with van der Waals surface area (Å²) < 4.78 is 5.75. The molecule has 0 aliphatic heterocycles. The van der Waals surface area contributed by atoms with Crippen LogP contribution >= 0.6 is 0 Å². The van der Waals surface area contributed by atoms with E-state index in [9.17, 15) is 0 Å². The maximum absolute atomic E-state index is 5.87. The molecule has 0 fully saturated rings. The van der Waals surface area contributed by atoms with Gasteiger partial charge in [0.2, 0.25) is 5.88 Å². The van der Waals surface area contributed by atoms with Crippen LogP contribution in [-0.2, 0) is 6.42 Å². The van der Waals surface area contributed by atoms with Gasteiger partial charge < -0.3 is 10.5 Å². The lowest BCUT2D eigenvalue weighted by molar-refractivity contribution is 0.460. The van der Waals surface area contributed by atoms with Gasteiger partial charge in [-0.2, -0.15) is 0 Å². The zero-order valence-corrected chi connectivity index (χ0v) is 10.1. The number of pyridine rings is 1. The normalized spacial score (nSPS) is 10.2. The molecule has 0 aliphatic rings. The third kappa shape index (κ3) is 2.56. The van der Waals surface area contributed by atoms with Crippen LogP contribution in [0.5, 0.6) is 11.6 Å². The van der Waals surface area contributed by atoms with Gasteiger partial charge in [-0.25, -0.2) is 4.98 Å². The molecule has 0 saturated carbocycles. The van der Waals surface area contributed by atoms with E-state index in [1.807, 2.05) is 37.3 Å². The zero-order chi connectivity index (χ0) is 12.3. The SMILES string of the molecule is CCc1ccccc1Oc1ncc(C)cc1N. The van der Waals surface area contributed by atoms with Gasteiger partial charge in [0, 0.05) is 6.20 Å². The number of nitrogens with two attached hydrogens (primary N) is 1. The second-order valence-electron chi connectivity index (χ2n) is 3.97. The fourth-order valence-corrected chi connectivity index (χ4v) is 1.66. The van der Waals surface area contributed by atoms with Crippen LogP contribution in [0, 0.1) is 6.92 Å². The quantitative estimate of drug-likeness (QED) is 0.876. The van der Waals surface area contributed by atoms with Gasteiger partial charge in [0.25, 0.3) is 0 Å². The minimum absolute atomic E-state index is 0.469. The van der Waals surface area contributed by atoms with E-state index in [-0.39, 0.29) is 0 Å². The van der Waals surface area contributed by atoms with Gasteiger partial charge in [0.15, 0.2) is 0 Å². The van der Waals surface area contributed by atoms with Gasteiger partial charge >= 0.3 is 0 Å². The molecule has 2 rings (SSSR count). The topological polar surface area (TPSA) is 48.1 Å². The number of hydrogen-bond donors (Lipinski definition) is 1. The molecule has 88 valence electrons. The van der Waals surface area contributed by atoms with Crippen molar-refractivity contribution in [2.75, 3.05) is 5.73 Å². The summed E-state index contributed by atoms with van der Waals surface area (Å²) in [7, 11) is 0. The highest BCUT2D eigenvalue weighted by atomic mass is 16.5. The van der Waals surface area contributed by atoms with Crippen molar-refractivity contribution in [2.45, 2.75) is 20.3 Å². The van der Waals surface area contributed by atoms with E-state index in [0.29, 0.717) is 11.6 Å². The summed E-state index contributed by atoms with van der Waals surface area (Å²) in [5.74, 6) is 1.29. The zero-order valence-electron chi connectivity index (χ0n) is 10.1. The molecule has 0 radical (unpaired) electrons. The first-order valence-corrected chi connectivity index (χ1v) is 5.68. The van der Waals surface area contributed by atoms with E-state index in [1.165, 1.54) is 0 Å². The number of ether oxygens (including phenoxy) is 1. The minimum Gasteiger partial charge on any atom is -0.437 e. The maximum atomic E-state index is 5.87. The number of para-hydroxylation sites is 1. The first kappa shape index (κ1) is 11.5. The fraction of sp³-hybridized carbons (Fsp3) is 0.214. The van der Waals surface area contributed by atoms with Gasteiger partial charge in [0.1, 0.15) is 5.75 Å². The molecule has 0 amide bonds. The van der Waals surface area contributed by atoms with Crippen molar-refractivity contribution in [3.8, 4) is 11.6 Å². The van der Waals surface area contributed by atoms with Gasteiger partial charge in [-0.15, -0.1) is 0 Å². The molecule has 0 spiro atoms. The lowest BCUT2D eigenvalue weighted by atomic mass is 10.1. The highest BCUT2D eigenvalue weighted by molar-refractivity contribution is 5.51. The monoisotopic (exact) mass is 228 g/mol. The van der Waals surface area contributed by atoms with Crippen LogP contribution in [-0.4, -0.2) is 4.98 Å². The van der Waals surface area contributed by atoms with Crippen molar-refractivity contribution in [1.82, 2.24) is 4.98 Å². The van der Waals surface area contributed by atoms with Crippen molar-refractivity contribution in [2.24, 2.45) is 0 Å². The number of benzene rings is 1. The highest BCUT2D eigenvalue weighted by Crippen LogP contribution is 2.28. The Hall–Kier alpha value is -2.03. The molecule has 17 heavy (non-hydrogen) atoms. The van der Waals surface area contributed by atoms with Crippen LogP contribution in [0.3, 0.4) is 0 Å². The third-order valence-corrected chi connectivity index (χ3v) is 2.58. The summed E-state index contributed by atoms with van der Waals surface area (Å²) in [6.07, 6.45) is 2.67. The molecule has 1 aromatic carbocycles. The van der Waals surface area contributed by atoms with Crippen molar-refractivity contribution >= 4 is 5.69 Å². The lowest BCUT2D eigenvalue weighted by Crippen LogP contribution is -1.97. The average Bonchev–Trinajstić information content (AvgIpc) is 2.33.